The number of aliphatic imine (C=N–C) groups is 1. The second-order valence-corrected chi connectivity index (χ2v) is 6.58. The SMILES string of the molecule is Cc1noc(CCN=C(NC2CC2)N2C[C@@H]3C(=O)NC(=O)[C@@H]3C2)n1. The molecule has 2 N–H and O–H groups in total. The van der Waals surface area contributed by atoms with Gasteiger partial charge in [0.2, 0.25) is 17.7 Å². The van der Waals surface area contributed by atoms with E-state index in [1.54, 1.807) is 6.92 Å². The summed E-state index contributed by atoms with van der Waals surface area (Å²) in [5.74, 6) is 1.09. The lowest BCUT2D eigenvalue weighted by Gasteiger charge is -2.22. The Morgan fingerprint density at radius 1 is 1.33 bits per heavy atom. The normalized spacial score (nSPS) is 26.7. The van der Waals surface area contributed by atoms with Gasteiger partial charge in [-0.2, -0.15) is 4.98 Å². The third-order valence-corrected chi connectivity index (χ3v) is 4.61. The van der Waals surface area contributed by atoms with E-state index >= 15 is 0 Å². The number of carbonyl (C=O) groups is 2. The Bertz CT molecular complexity index is 673. The number of rotatable bonds is 4. The molecule has 2 amide bonds. The third kappa shape index (κ3) is 2.98. The number of fused-ring (bicyclic) bond motifs is 1. The van der Waals surface area contributed by atoms with Crippen LogP contribution in [0.2, 0.25) is 0 Å². The van der Waals surface area contributed by atoms with Gasteiger partial charge in [0, 0.05) is 25.6 Å². The molecule has 0 bridgehead atoms. The molecular formula is C15H20N6O3. The standard InChI is InChI=1S/C15H20N6O3/c1-8-17-12(24-20-8)4-5-16-15(18-9-2-3-9)21-6-10-11(7-21)14(23)19-13(10)22/h9-11H,2-7H2,1H3,(H,16,18)(H,19,22,23)/t10-,11+. The number of hydrogen-bond donors (Lipinski definition) is 2. The Hall–Kier alpha value is -2.45. The lowest BCUT2D eigenvalue weighted by atomic mass is 10.00. The number of likely N-dealkylation sites (tertiary alicyclic amines) is 1. The van der Waals surface area contributed by atoms with Crippen molar-refractivity contribution in [2.24, 2.45) is 16.8 Å². The molecule has 1 aromatic heterocycles. The molecule has 1 saturated carbocycles. The minimum absolute atomic E-state index is 0.167. The summed E-state index contributed by atoms with van der Waals surface area (Å²) in [7, 11) is 0. The molecule has 4 rings (SSSR count). The van der Waals surface area contributed by atoms with Gasteiger partial charge in [0.05, 0.1) is 18.4 Å². The van der Waals surface area contributed by atoms with Gasteiger partial charge in [0.1, 0.15) is 0 Å². The van der Waals surface area contributed by atoms with Crippen molar-refractivity contribution in [2.45, 2.75) is 32.2 Å². The fourth-order valence-electron chi connectivity index (χ4n) is 3.16. The van der Waals surface area contributed by atoms with E-state index in [-0.39, 0.29) is 23.7 Å². The van der Waals surface area contributed by atoms with Gasteiger partial charge in [-0.1, -0.05) is 5.16 Å². The predicted molar refractivity (Wildman–Crippen MR) is 82.9 cm³/mol. The molecule has 24 heavy (non-hydrogen) atoms. The third-order valence-electron chi connectivity index (χ3n) is 4.61. The Morgan fingerprint density at radius 2 is 2.04 bits per heavy atom. The Balaban J connectivity index is 1.42. The minimum Gasteiger partial charge on any atom is -0.354 e. The zero-order chi connectivity index (χ0) is 16.7. The molecule has 2 atom stereocenters. The maximum absolute atomic E-state index is 11.8. The summed E-state index contributed by atoms with van der Waals surface area (Å²) in [4.78, 5) is 34.5. The van der Waals surface area contributed by atoms with E-state index in [2.05, 4.69) is 25.8 Å². The molecule has 3 aliphatic rings. The van der Waals surface area contributed by atoms with Gasteiger partial charge in [-0.25, -0.2) is 0 Å². The molecule has 2 saturated heterocycles. The first-order valence-electron chi connectivity index (χ1n) is 8.30. The van der Waals surface area contributed by atoms with Gasteiger partial charge < -0.3 is 14.7 Å². The number of hydrogen-bond acceptors (Lipinski definition) is 6. The first-order valence-corrected chi connectivity index (χ1v) is 8.30. The molecule has 2 aliphatic heterocycles. The monoisotopic (exact) mass is 332 g/mol. The Kier molecular flexibility index (Phi) is 3.70. The molecule has 1 aromatic rings. The molecule has 0 radical (unpaired) electrons. The summed E-state index contributed by atoms with van der Waals surface area (Å²) < 4.78 is 5.09. The van der Waals surface area contributed by atoms with E-state index in [0.29, 0.717) is 43.8 Å². The molecule has 9 nitrogen and oxygen atoms in total. The van der Waals surface area contributed by atoms with E-state index in [9.17, 15) is 9.59 Å². The summed E-state index contributed by atoms with van der Waals surface area (Å²) >= 11 is 0. The van der Waals surface area contributed by atoms with Crippen molar-refractivity contribution >= 4 is 17.8 Å². The average Bonchev–Trinajstić information content (AvgIpc) is 2.99. The quantitative estimate of drug-likeness (QED) is 0.423. The van der Waals surface area contributed by atoms with Crippen molar-refractivity contribution in [2.75, 3.05) is 19.6 Å². The molecule has 0 aromatic carbocycles. The van der Waals surface area contributed by atoms with E-state index in [1.165, 1.54) is 0 Å². The van der Waals surface area contributed by atoms with Crippen LogP contribution in [0.4, 0.5) is 0 Å². The second-order valence-electron chi connectivity index (χ2n) is 6.58. The van der Waals surface area contributed by atoms with Crippen LogP contribution in [-0.2, 0) is 16.0 Å². The number of carbonyl (C=O) groups excluding carboxylic acids is 2. The van der Waals surface area contributed by atoms with Crippen molar-refractivity contribution in [1.82, 2.24) is 25.7 Å². The molecule has 3 fully saturated rings. The van der Waals surface area contributed by atoms with Crippen LogP contribution < -0.4 is 10.6 Å². The highest BCUT2D eigenvalue weighted by molar-refractivity contribution is 6.06. The highest BCUT2D eigenvalue weighted by atomic mass is 16.5. The lowest BCUT2D eigenvalue weighted by Crippen LogP contribution is -2.43. The average molecular weight is 332 g/mol. The first kappa shape index (κ1) is 15.1. The number of aromatic nitrogens is 2. The number of imide groups is 1. The maximum Gasteiger partial charge on any atom is 0.232 e. The van der Waals surface area contributed by atoms with Crippen LogP contribution in [0.3, 0.4) is 0 Å². The zero-order valence-electron chi connectivity index (χ0n) is 13.5. The summed E-state index contributed by atoms with van der Waals surface area (Å²) in [5.41, 5.74) is 0. The summed E-state index contributed by atoms with van der Waals surface area (Å²) in [6, 6.07) is 0.444. The van der Waals surface area contributed by atoms with Crippen LogP contribution in [0, 0.1) is 18.8 Å². The number of aryl methyl sites for hydroxylation is 1. The fourth-order valence-corrected chi connectivity index (χ4v) is 3.16. The molecule has 1 aliphatic carbocycles. The predicted octanol–water partition coefficient (Wildman–Crippen LogP) is -0.767. The lowest BCUT2D eigenvalue weighted by molar-refractivity contribution is -0.126. The van der Waals surface area contributed by atoms with Crippen molar-refractivity contribution in [3.05, 3.63) is 11.7 Å². The molecule has 128 valence electrons. The van der Waals surface area contributed by atoms with Crippen LogP contribution in [0.1, 0.15) is 24.6 Å². The van der Waals surface area contributed by atoms with Gasteiger partial charge in [-0.05, 0) is 19.8 Å². The molecule has 9 heteroatoms. The van der Waals surface area contributed by atoms with Gasteiger partial charge in [-0.15, -0.1) is 0 Å². The maximum atomic E-state index is 11.8. The van der Waals surface area contributed by atoms with Crippen molar-refractivity contribution in [3.8, 4) is 0 Å². The topological polar surface area (TPSA) is 113 Å². The van der Waals surface area contributed by atoms with Gasteiger partial charge in [0.15, 0.2) is 11.8 Å². The number of nitrogens with zero attached hydrogens (tertiary/aromatic N) is 4. The summed E-state index contributed by atoms with van der Waals surface area (Å²) in [6.07, 6.45) is 2.82. The van der Waals surface area contributed by atoms with Crippen LogP contribution in [0.5, 0.6) is 0 Å². The van der Waals surface area contributed by atoms with Crippen molar-refractivity contribution < 1.29 is 14.1 Å². The molecule has 3 heterocycles. The van der Waals surface area contributed by atoms with E-state index in [4.69, 9.17) is 4.52 Å². The van der Waals surface area contributed by atoms with E-state index < -0.39 is 0 Å². The van der Waals surface area contributed by atoms with Crippen LogP contribution in [0.15, 0.2) is 9.52 Å². The highest BCUT2D eigenvalue weighted by Crippen LogP contribution is 2.29. The first-order chi connectivity index (χ1) is 11.6. The van der Waals surface area contributed by atoms with Crippen molar-refractivity contribution in [3.63, 3.8) is 0 Å². The molecule has 0 spiro atoms. The molecule has 0 unspecified atom stereocenters. The van der Waals surface area contributed by atoms with Crippen molar-refractivity contribution in [1.29, 1.82) is 0 Å². The highest BCUT2D eigenvalue weighted by Gasteiger charge is 2.48. The van der Waals surface area contributed by atoms with Gasteiger partial charge in [-0.3, -0.25) is 19.9 Å². The van der Waals surface area contributed by atoms with Gasteiger partial charge >= 0.3 is 0 Å². The Labute approximate surface area is 138 Å². The van der Waals surface area contributed by atoms with E-state index in [0.717, 1.165) is 18.8 Å². The summed E-state index contributed by atoms with van der Waals surface area (Å²) in [5, 5.41) is 9.58. The zero-order valence-corrected chi connectivity index (χ0v) is 13.5. The number of guanidine groups is 1. The van der Waals surface area contributed by atoms with Gasteiger partial charge in [0.25, 0.3) is 0 Å². The molecular weight excluding hydrogens is 312 g/mol. The number of nitrogens with one attached hydrogen (secondary N) is 2. The minimum atomic E-state index is -0.262. The number of amides is 2. The van der Waals surface area contributed by atoms with Crippen LogP contribution in [-0.4, -0.2) is 58.5 Å². The smallest absolute Gasteiger partial charge is 0.232 e. The Morgan fingerprint density at radius 3 is 2.62 bits per heavy atom. The van der Waals surface area contributed by atoms with E-state index in [1.807, 2.05) is 4.90 Å². The van der Waals surface area contributed by atoms with Crippen LogP contribution in [0.25, 0.3) is 0 Å². The summed E-state index contributed by atoms with van der Waals surface area (Å²) in [6.45, 7) is 3.35. The largest absolute Gasteiger partial charge is 0.354 e. The van der Waals surface area contributed by atoms with Crippen LogP contribution >= 0.6 is 0 Å². The fraction of sp³-hybridized carbons (Fsp3) is 0.667. The second kappa shape index (κ2) is 5.88.